The van der Waals surface area contributed by atoms with Crippen LogP contribution in [0.2, 0.25) is 0 Å². The van der Waals surface area contributed by atoms with Crippen LogP contribution in [0.5, 0.6) is 0 Å². The van der Waals surface area contributed by atoms with E-state index in [0.717, 1.165) is 17.9 Å². The Morgan fingerprint density at radius 2 is 2.38 bits per heavy atom. The van der Waals surface area contributed by atoms with Crippen molar-refractivity contribution in [3.63, 3.8) is 0 Å². The summed E-state index contributed by atoms with van der Waals surface area (Å²) in [5, 5.41) is 0. The molecule has 2 rings (SSSR count). The average molecular weight is 193 g/mol. The molecule has 0 amide bonds. The Morgan fingerprint density at radius 1 is 1.54 bits per heavy atom. The van der Waals surface area contributed by atoms with Gasteiger partial charge in [-0.25, -0.2) is 0 Å². The molecule has 0 fully saturated rings. The highest BCUT2D eigenvalue weighted by atomic mass is 32.1. The van der Waals surface area contributed by atoms with Gasteiger partial charge in [0, 0.05) is 6.42 Å². The lowest BCUT2D eigenvalue weighted by Gasteiger charge is -2.01. The lowest BCUT2D eigenvalue weighted by molar-refractivity contribution is 0.530. The lowest BCUT2D eigenvalue weighted by Crippen LogP contribution is -1.90. The maximum atomic E-state index is 5.33. The van der Waals surface area contributed by atoms with Gasteiger partial charge in [-0.1, -0.05) is 25.2 Å². The Labute approximate surface area is 82.0 Å². The molecule has 1 N–H and O–H groups in total. The van der Waals surface area contributed by atoms with Gasteiger partial charge < -0.3 is 9.40 Å². The number of oxazole rings is 1. The number of allylic oxidation sites excluding steroid dienone is 3. The van der Waals surface area contributed by atoms with E-state index in [2.05, 4.69) is 30.1 Å². The van der Waals surface area contributed by atoms with E-state index in [1.807, 2.05) is 6.08 Å². The highest BCUT2D eigenvalue weighted by molar-refractivity contribution is 7.71. The van der Waals surface area contributed by atoms with Crippen LogP contribution in [0, 0.1) is 10.8 Å². The summed E-state index contributed by atoms with van der Waals surface area (Å²) in [4.78, 5) is 3.48. The first-order valence-electron chi connectivity index (χ1n) is 4.32. The van der Waals surface area contributed by atoms with Crippen LogP contribution in [0.1, 0.15) is 18.4 Å². The number of nitrogens with one attached hydrogen (secondary N) is 1. The minimum Gasteiger partial charge on any atom is -0.430 e. The van der Waals surface area contributed by atoms with Crippen LogP contribution >= 0.6 is 12.2 Å². The average Bonchev–Trinajstić information content (AvgIpc) is 2.40. The van der Waals surface area contributed by atoms with Crippen molar-refractivity contribution in [1.29, 1.82) is 0 Å². The van der Waals surface area contributed by atoms with Crippen LogP contribution in [0.25, 0.3) is 6.08 Å². The number of aromatic nitrogens is 1. The number of H-pyrrole nitrogens is 1. The van der Waals surface area contributed by atoms with Crippen LogP contribution in [0.4, 0.5) is 0 Å². The largest absolute Gasteiger partial charge is 0.430 e. The van der Waals surface area contributed by atoms with Crippen molar-refractivity contribution < 1.29 is 4.42 Å². The van der Waals surface area contributed by atoms with E-state index in [1.54, 1.807) is 0 Å². The predicted molar refractivity (Wildman–Crippen MR) is 54.9 cm³/mol. The van der Waals surface area contributed by atoms with Crippen molar-refractivity contribution >= 4 is 18.3 Å². The molecule has 68 valence electrons. The summed E-state index contributed by atoms with van der Waals surface area (Å²) in [6.07, 6.45) is 9.25. The fourth-order valence-electron chi connectivity index (χ4n) is 1.36. The molecule has 0 radical (unpaired) electrons. The molecule has 0 saturated heterocycles. The Morgan fingerprint density at radius 3 is 3.23 bits per heavy atom. The fourth-order valence-corrected chi connectivity index (χ4v) is 1.57. The van der Waals surface area contributed by atoms with Crippen molar-refractivity contribution in [2.75, 3.05) is 0 Å². The first-order valence-corrected chi connectivity index (χ1v) is 4.73. The number of rotatable bonds is 0. The molecule has 1 atom stereocenters. The van der Waals surface area contributed by atoms with E-state index in [9.17, 15) is 0 Å². The van der Waals surface area contributed by atoms with Gasteiger partial charge in [0.05, 0.1) is 5.69 Å². The molecular formula is C10H11NOS. The highest BCUT2D eigenvalue weighted by Gasteiger charge is 2.05. The van der Waals surface area contributed by atoms with E-state index >= 15 is 0 Å². The zero-order valence-electron chi connectivity index (χ0n) is 7.41. The molecular weight excluding hydrogens is 182 g/mol. The Kier molecular flexibility index (Phi) is 2.19. The summed E-state index contributed by atoms with van der Waals surface area (Å²) in [6, 6.07) is 0. The Bertz CT molecular complexity index is 411. The van der Waals surface area contributed by atoms with Crippen LogP contribution < -0.4 is 0 Å². The SMILES string of the molecule is CC1C=CCc2[nH]c(=S)oc2/C=C\1. The molecule has 0 saturated carbocycles. The van der Waals surface area contributed by atoms with Crippen molar-refractivity contribution in [1.82, 2.24) is 4.98 Å². The van der Waals surface area contributed by atoms with Crippen LogP contribution in [0.3, 0.4) is 0 Å². The van der Waals surface area contributed by atoms with E-state index in [1.165, 1.54) is 0 Å². The van der Waals surface area contributed by atoms with Crippen molar-refractivity contribution in [3.8, 4) is 0 Å². The topological polar surface area (TPSA) is 28.9 Å². The number of fused-ring (bicyclic) bond motifs is 1. The quantitative estimate of drug-likeness (QED) is 0.506. The molecule has 0 spiro atoms. The van der Waals surface area contributed by atoms with E-state index in [4.69, 9.17) is 16.6 Å². The van der Waals surface area contributed by atoms with E-state index in [-0.39, 0.29) is 0 Å². The van der Waals surface area contributed by atoms with Gasteiger partial charge >= 0.3 is 0 Å². The molecule has 1 unspecified atom stereocenters. The third-order valence-electron chi connectivity index (χ3n) is 2.07. The molecule has 1 heterocycles. The monoisotopic (exact) mass is 193 g/mol. The second-order valence-electron chi connectivity index (χ2n) is 3.21. The van der Waals surface area contributed by atoms with E-state index in [0.29, 0.717) is 10.8 Å². The van der Waals surface area contributed by atoms with Crippen molar-refractivity contribution in [3.05, 3.63) is 34.5 Å². The highest BCUT2D eigenvalue weighted by Crippen LogP contribution is 2.16. The smallest absolute Gasteiger partial charge is 0.266 e. The molecule has 13 heavy (non-hydrogen) atoms. The maximum absolute atomic E-state index is 5.33. The molecule has 0 aromatic carbocycles. The van der Waals surface area contributed by atoms with Crippen LogP contribution in [-0.2, 0) is 6.42 Å². The first-order chi connectivity index (χ1) is 6.25. The minimum atomic E-state index is 0.456. The standard InChI is InChI=1S/C10H11NOS/c1-7-3-2-4-8-9(6-5-7)12-10(13)11-8/h2-3,5-7H,4H2,1H3,(H,11,13)/b3-2?,6-5-. The third-order valence-corrected chi connectivity index (χ3v) is 2.25. The number of hydrogen-bond donors (Lipinski definition) is 1. The second kappa shape index (κ2) is 3.34. The number of hydrogen-bond acceptors (Lipinski definition) is 2. The molecule has 0 aliphatic heterocycles. The van der Waals surface area contributed by atoms with Gasteiger partial charge in [0.2, 0.25) is 0 Å². The summed E-state index contributed by atoms with van der Waals surface area (Å²) < 4.78 is 5.33. The van der Waals surface area contributed by atoms with Gasteiger partial charge in [0.25, 0.3) is 4.84 Å². The molecule has 1 aromatic rings. The molecule has 3 heteroatoms. The number of aromatic amines is 1. The van der Waals surface area contributed by atoms with Gasteiger partial charge in [-0.3, -0.25) is 0 Å². The van der Waals surface area contributed by atoms with Gasteiger partial charge in [-0.05, 0) is 24.2 Å². The van der Waals surface area contributed by atoms with Crippen molar-refractivity contribution in [2.24, 2.45) is 5.92 Å². The molecule has 2 nitrogen and oxygen atoms in total. The first kappa shape index (κ1) is 8.51. The maximum Gasteiger partial charge on any atom is 0.266 e. The normalized spacial score (nSPS) is 23.3. The fraction of sp³-hybridized carbons (Fsp3) is 0.300. The third kappa shape index (κ3) is 1.80. The summed E-state index contributed by atoms with van der Waals surface area (Å²) in [6.45, 7) is 2.14. The summed E-state index contributed by atoms with van der Waals surface area (Å²) in [5.74, 6) is 1.33. The van der Waals surface area contributed by atoms with Crippen molar-refractivity contribution in [2.45, 2.75) is 13.3 Å². The van der Waals surface area contributed by atoms with E-state index < -0.39 is 0 Å². The summed E-state index contributed by atoms with van der Waals surface area (Å²) in [7, 11) is 0. The van der Waals surface area contributed by atoms with Gasteiger partial charge in [0.15, 0.2) is 0 Å². The van der Waals surface area contributed by atoms with Gasteiger partial charge in [-0.15, -0.1) is 0 Å². The zero-order valence-corrected chi connectivity index (χ0v) is 8.23. The second-order valence-corrected chi connectivity index (χ2v) is 3.58. The molecule has 1 aliphatic rings. The summed E-state index contributed by atoms with van der Waals surface area (Å²) >= 11 is 4.92. The predicted octanol–water partition coefficient (Wildman–Crippen LogP) is 3.10. The Balaban J connectivity index is 2.47. The van der Waals surface area contributed by atoms with Crippen LogP contribution in [-0.4, -0.2) is 4.98 Å². The minimum absolute atomic E-state index is 0.456. The molecule has 0 bridgehead atoms. The van der Waals surface area contributed by atoms with Gasteiger partial charge in [-0.2, -0.15) is 0 Å². The van der Waals surface area contributed by atoms with Gasteiger partial charge in [0.1, 0.15) is 5.76 Å². The molecule has 1 aliphatic carbocycles. The zero-order chi connectivity index (χ0) is 9.26. The summed E-state index contributed by atoms with van der Waals surface area (Å²) in [5.41, 5.74) is 1.06. The Hall–Kier alpha value is -1.09. The lowest BCUT2D eigenvalue weighted by atomic mass is 10.1. The molecule has 1 aromatic heterocycles. The van der Waals surface area contributed by atoms with Crippen LogP contribution in [0.15, 0.2) is 22.6 Å².